The van der Waals surface area contributed by atoms with Crippen LogP contribution in [-0.2, 0) is 37.4 Å². The van der Waals surface area contributed by atoms with E-state index >= 15 is 0 Å². The molecule has 0 bridgehead atoms. The lowest BCUT2D eigenvalue weighted by atomic mass is 10.1. The molecule has 0 aromatic rings. The standard InChI is InChI=1S/C43H72NO9P/c1-3-5-7-9-11-12-13-14-15-16-17-18-21-25-29-33-42(45)49-37-39(38-51-54(47,48)50-36-35-44)52-43(46)34-30-26-22-19-20-24-28-32-41-40(53-41)31-27-23-10-8-6-4-2/h5,7,11-12,14-15,19,22-24,27-28,39-41H,3-4,6,8-10,13,16-18,20-21,25-26,29-38,44H2,1-2H3,(H,47,48)/b7-5-,12-11-,15-14-,22-19-,27-23-,28-24-/t39-,40?,41?/m1/s1. The van der Waals surface area contributed by atoms with Crippen molar-refractivity contribution < 1.29 is 42.3 Å². The predicted octanol–water partition coefficient (Wildman–Crippen LogP) is 10.5. The van der Waals surface area contributed by atoms with E-state index in [1.165, 1.54) is 19.3 Å². The van der Waals surface area contributed by atoms with E-state index < -0.39 is 32.5 Å². The van der Waals surface area contributed by atoms with Gasteiger partial charge in [-0.3, -0.25) is 18.6 Å². The van der Waals surface area contributed by atoms with Gasteiger partial charge < -0.3 is 24.8 Å². The van der Waals surface area contributed by atoms with E-state index in [1.807, 2.05) is 6.08 Å². The molecule has 1 saturated heterocycles. The molecule has 11 heteroatoms. The van der Waals surface area contributed by atoms with Crippen molar-refractivity contribution >= 4 is 19.8 Å². The Morgan fingerprint density at radius 1 is 0.667 bits per heavy atom. The summed E-state index contributed by atoms with van der Waals surface area (Å²) >= 11 is 0. The maximum absolute atomic E-state index is 12.6. The fourth-order valence-electron chi connectivity index (χ4n) is 5.33. The Morgan fingerprint density at radius 2 is 1.20 bits per heavy atom. The highest BCUT2D eigenvalue weighted by Gasteiger charge is 2.36. The Morgan fingerprint density at radius 3 is 1.87 bits per heavy atom. The van der Waals surface area contributed by atoms with Crippen molar-refractivity contribution in [1.29, 1.82) is 0 Å². The highest BCUT2D eigenvalue weighted by molar-refractivity contribution is 7.47. The number of nitrogens with two attached hydrogens (primary N) is 1. The minimum atomic E-state index is -4.40. The summed E-state index contributed by atoms with van der Waals surface area (Å²) in [6.07, 6.45) is 43.9. The van der Waals surface area contributed by atoms with Gasteiger partial charge in [0.05, 0.1) is 25.4 Å². The lowest BCUT2D eigenvalue weighted by molar-refractivity contribution is -0.161. The Labute approximate surface area is 326 Å². The molecule has 1 fully saturated rings. The third-order valence-corrected chi connectivity index (χ3v) is 9.46. The van der Waals surface area contributed by atoms with Crippen LogP contribution in [0, 0.1) is 0 Å². The summed E-state index contributed by atoms with van der Waals surface area (Å²) in [6.45, 7) is 3.47. The second kappa shape index (κ2) is 34.9. The van der Waals surface area contributed by atoms with Gasteiger partial charge in [-0.15, -0.1) is 0 Å². The lowest BCUT2D eigenvalue weighted by Crippen LogP contribution is -2.29. The molecule has 10 nitrogen and oxygen atoms in total. The van der Waals surface area contributed by atoms with Gasteiger partial charge in [-0.25, -0.2) is 4.57 Å². The van der Waals surface area contributed by atoms with Crippen LogP contribution in [0.1, 0.15) is 142 Å². The molecule has 1 aliphatic heterocycles. The highest BCUT2D eigenvalue weighted by atomic mass is 31.2. The normalized spacial score (nSPS) is 17.9. The van der Waals surface area contributed by atoms with Crippen molar-refractivity contribution in [2.45, 2.75) is 161 Å². The summed E-state index contributed by atoms with van der Waals surface area (Å²) in [5.41, 5.74) is 5.34. The molecule has 3 unspecified atom stereocenters. The van der Waals surface area contributed by atoms with E-state index in [9.17, 15) is 19.0 Å². The summed E-state index contributed by atoms with van der Waals surface area (Å²) in [5.74, 6) is -0.928. The largest absolute Gasteiger partial charge is 0.472 e. The van der Waals surface area contributed by atoms with Crippen LogP contribution >= 0.6 is 7.82 Å². The quantitative estimate of drug-likeness (QED) is 0.0207. The molecule has 0 amide bonds. The first-order valence-electron chi connectivity index (χ1n) is 20.5. The molecule has 1 rings (SSSR count). The van der Waals surface area contributed by atoms with Gasteiger partial charge in [0, 0.05) is 19.4 Å². The van der Waals surface area contributed by atoms with Crippen LogP contribution in [0.4, 0.5) is 0 Å². The number of rotatable bonds is 36. The third-order valence-electron chi connectivity index (χ3n) is 8.48. The molecular formula is C43H72NO9P. The summed E-state index contributed by atoms with van der Waals surface area (Å²) < 4.78 is 38.4. The number of ether oxygens (including phenoxy) is 3. The van der Waals surface area contributed by atoms with Gasteiger partial charge in [-0.05, 0) is 83.5 Å². The number of hydrogen-bond donors (Lipinski definition) is 2. The SMILES string of the molecule is CC/C=C\C/C=C\C/C=C\CCCCCCCC(=O)OC[C@H](COP(=O)(O)OCCN)OC(=O)CCC/C=C\C/C=C\CC1OC1C/C=C\CCCCC. The number of phosphoric ester groups is 1. The van der Waals surface area contributed by atoms with Crippen molar-refractivity contribution in [2.75, 3.05) is 26.4 Å². The molecule has 308 valence electrons. The average Bonchev–Trinajstić information content (AvgIpc) is 3.91. The number of epoxide rings is 1. The Bertz CT molecular complexity index is 1180. The van der Waals surface area contributed by atoms with Crippen LogP contribution in [0.3, 0.4) is 0 Å². The molecule has 0 aromatic heterocycles. The van der Waals surface area contributed by atoms with Crippen molar-refractivity contribution in [3.05, 3.63) is 72.9 Å². The second-order valence-electron chi connectivity index (χ2n) is 13.5. The van der Waals surface area contributed by atoms with Crippen LogP contribution in [0.2, 0.25) is 0 Å². The van der Waals surface area contributed by atoms with Crippen LogP contribution in [-0.4, -0.2) is 61.5 Å². The monoisotopic (exact) mass is 777 g/mol. The van der Waals surface area contributed by atoms with Crippen molar-refractivity contribution in [3.63, 3.8) is 0 Å². The van der Waals surface area contributed by atoms with E-state index in [1.54, 1.807) is 0 Å². The van der Waals surface area contributed by atoms with Crippen LogP contribution in [0.5, 0.6) is 0 Å². The lowest BCUT2D eigenvalue weighted by Gasteiger charge is -2.19. The number of phosphoric acid groups is 1. The Kier molecular flexibility index (Phi) is 31.9. The van der Waals surface area contributed by atoms with Gasteiger partial charge in [0.2, 0.25) is 0 Å². The van der Waals surface area contributed by atoms with E-state index in [4.69, 9.17) is 29.0 Å². The van der Waals surface area contributed by atoms with Gasteiger partial charge in [0.25, 0.3) is 0 Å². The maximum atomic E-state index is 12.6. The summed E-state index contributed by atoms with van der Waals surface area (Å²) in [5, 5.41) is 0. The van der Waals surface area contributed by atoms with E-state index in [0.29, 0.717) is 31.5 Å². The molecule has 0 spiro atoms. The van der Waals surface area contributed by atoms with Crippen LogP contribution < -0.4 is 5.73 Å². The van der Waals surface area contributed by atoms with Gasteiger partial charge in [0.1, 0.15) is 6.61 Å². The summed E-state index contributed by atoms with van der Waals surface area (Å²) in [7, 11) is -4.40. The first kappa shape index (κ1) is 49.4. The first-order chi connectivity index (χ1) is 26.3. The first-order valence-corrected chi connectivity index (χ1v) is 22.0. The van der Waals surface area contributed by atoms with E-state index in [0.717, 1.165) is 77.0 Å². The zero-order valence-corrected chi connectivity index (χ0v) is 34.3. The second-order valence-corrected chi connectivity index (χ2v) is 15.0. The fraction of sp³-hybridized carbons (Fsp3) is 0.674. The van der Waals surface area contributed by atoms with Crippen LogP contribution in [0.15, 0.2) is 72.9 Å². The zero-order valence-electron chi connectivity index (χ0n) is 33.4. The molecule has 0 aromatic carbocycles. The number of unbranched alkanes of at least 4 members (excludes halogenated alkanes) is 9. The summed E-state index contributed by atoms with van der Waals surface area (Å²) in [4.78, 5) is 34.8. The zero-order chi connectivity index (χ0) is 39.4. The highest BCUT2D eigenvalue weighted by Crippen LogP contribution is 2.43. The van der Waals surface area contributed by atoms with Crippen molar-refractivity contribution in [3.8, 4) is 0 Å². The molecule has 1 heterocycles. The number of esters is 2. The average molecular weight is 778 g/mol. The number of carbonyl (C=O) groups is 2. The van der Waals surface area contributed by atoms with Gasteiger partial charge >= 0.3 is 19.8 Å². The van der Waals surface area contributed by atoms with Gasteiger partial charge in [-0.1, -0.05) is 119 Å². The number of carbonyl (C=O) groups excluding carboxylic acids is 2. The number of allylic oxidation sites excluding steroid dienone is 10. The predicted molar refractivity (Wildman–Crippen MR) is 219 cm³/mol. The maximum Gasteiger partial charge on any atom is 0.472 e. The minimum absolute atomic E-state index is 0.0361. The van der Waals surface area contributed by atoms with Gasteiger partial charge in [-0.2, -0.15) is 0 Å². The smallest absolute Gasteiger partial charge is 0.462 e. The Hall–Kier alpha value is -2.59. The molecule has 0 aliphatic carbocycles. The van der Waals surface area contributed by atoms with Gasteiger partial charge in [0.15, 0.2) is 6.10 Å². The molecule has 3 N–H and O–H groups in total. The Balaban J connectivity index is 2.26. The van der Waals surface area contributed by atoms with E-state index in [2.05, 4.69) is 80.7 Å². The molecule has 0 saturated carbocycles. The van der Waals surface area contributed by atoms with Crippen LogP contribution in [0.25, 0.3) is 0 Å². The molecule has 4 atom stereocenters. The fourth-order valence-corrected chi connectivity index (χ4v) is 6.09. The summed E-state index contributed by atoms with van der Waals surface area (Å²) in [6, 6.07) is 0. The molecule has 54 heavy (non-hydrogen) atoms. The number of hydrogen-bond acceptors (Lipinski definition) is 9. The third kappa shape index (κ3) is 31.7. The van der Waals surface area contributed by atoms with Crippen molar-refractivity contribution in [1.82, 2.24) is 0 Å². The minimum Gasteiger partial charge on any atom is -0.462 e. The molecule has 1 aliphatic rings. The topological polar surface area (TPSA) is 147 Å². The molecule has 0 radical (unpaired) electrons. The van der Waals surface area contributed by atoms with Crippen molar-refractivity contribution in [2.24, 2.45) is 5.73 Å². The van der Waals surface area contributed by atoms with E-state index in [-0.39, 0.29) is 32.6 Å². The molecular weight excluding hydrogens is 705 g/mol.